The Morgan fingerprint density at radius 1 is 1.32 bits per heavy atom. The number of aromatic nitrogens is 1. The molecule has 0 bridgehead atoms. The molecule has 1 unspecified atom stereocenters. The number of aromatic amines is 1. The van der Waals surface area contributed by atoms with E-state index in [9.17, 15) is 4.79 Å². The first-order valence-corrected chi connectivity index (χ1v) is 8.10. The first kappa shape index (κ1) is 13.8. The summed E-state index contributed by atoms with van der Waals surface area (Å²) in [4.78, 5) is 19.9. The Morgan fingerprint density at radius 3 is 3.09 bits per heavy atom. The van der Waals surface area contributed by atoms with Crippen molar-refractivity contribution >= 4 is 16.5 Å². The maximum Gasteiger partial charge on any atom is 0.255 e. The van der Waals surface area contributed by atoms with Gasteiger partial charge in [-0.15, -0.1) is 0 Å². The molecule has 4 rings (SSSR count). The number of hydrogen-bond acceptors (Lipinski definition) is 4. The van der Waals surface area contributed by atoms with Crippen LogP contribution in [0.2, 0.25) is 0 Å². The van der Waals surface area contributed by atoms with E-state index in [0.717, 1.165) is 49.9 Å². The Morgan fingerprint density at radius 2 is 2.23 bits per heavy atom. The predicted octanol–water partition coefficient (Wildman–Crippen LogP) is 0.924. The molecule has 2 aliphatic heterocycles. The molecular weight excluding hydrogens is 276 g/mol. The fourth-order valence-corrected chi connectivity index (χ4v) is 4.00. The number of benzene rings is 1. The van der Waals surface area contributed by atoms with Crippen molar-refractivity contribution in [1.82, 2.24) is 9.88 Å². The third-order valence-electron chi connectivity index (χ3n) is 5.05. The summed E-state index contributed by atoms with van der Waals surface area (Å²) in [6.07, 6.45) is 4.06. The molecular formula is C17H22N4O. The largest absolute Gasteiger partial charge is 0.366 e. The molecule has 1 fully saturated rings. The first-order valence-electron chi connectivity index (χ1n) is 8.10. The maximum atomic E-state index is 12.1. The van der Waals surface area contributed by atoms with Gasteiger partial charge in [-0.3, -0.25) is 9.69 Å². The summed E-state index contributed by atoms with van der Waals surface area (Å²) in [6.45, 7) is 4.92. The molecule has 0 saturated carbocycles. The van der Waals surface area contributed by atoms with Crippen molar-refractivity contribution in [2.75, 3.05) is 37.6 Å². The van der Waals surface area contributed by atoms with Gasteiger partial charge in [0.05, 0.1) is 0 Å². The highest BCUT2D eigenvalue weighted by atomic mass is 16.1. The predicted molar refractivity (Wildman–Crippen MR) is 89.5 cm³/mol. The highest BCUT2D eigenvalue weighted by Gasteiger charge is 2.30. The van der Waals surface area contributed by atoms with Crippen LogP contribution in [0.1, 0.15) is 12.0 Å². The van der Waals surface area contributed by atoms with Crippen molar-refractivity contribution < 1.29 is 0 Å². The van der Waals surface area contributed by atoms with Gasteiger partial charge in [-0.05, 0) is 30.5 Å². The van der Waals surface area contributed by atoms with Crippen LogP contribution in [-0.2, 0) is 6.42 Å². The van der Waals surface area contributed by atoms with Gasteiger partial charge < -0.3 is 15.6 Å². The van der Waals surface area contributed by atoms with E-state index in [0.29, 0.717) is 6.04 Å². The fourth-order valence-electron chi connectivity index (χ4n) is 4.00. The smallest absolute Gasteiger partial charge is 0.255 e. The van der Waals surface area contributed by atoms with Crippen LogP contribution in [0, 0.1) is 0 Å². The zero-order chi connectivity index (χ0) is 15.1. The van der Waals surface area contributed by atoms with Gasteiger partial charge in [0.15, 0.2) is 0 Å². The lowest BCUT2D eigenvalue weighted by Gasteiger charge is -2.36. The summed E-state index contributed by atoms with van der Waals surface area (Å²) >= 11 is 0. The number of hydrogen-bond donors (Lipinski definition) is 2. The van der Waals surface area contributed by atoms with E-state index in [1.165, 1.54) is 17.7 Å². The number of nitrogens with zero attached hydrogens (tertiary/aromatic N) is 2. The number of anilines is 1. The summed E-state index contributed by atoms with van der Waals surface area (Å²) in [7, 11) is 0. The van der Waals surface area contributed by atoms with E-state index in [1.54, 1.807) is 0 Å². The first-order chi connectivity index (χ1) is 10.8. The van der Waals surface area contributed by atoms with Crippen LogP contribution in [-0.4, -0.2) is 48.6 Å². The molecule has 1 aromatic heterocycles. The van der Waals surface area contributed by atoms with Gasteiger partial charge in [-0.1, -0.05) is 6.07 Å². The average molecular weight is 298 g/mol. The second-order valence-corrected chi connectivity index (χ2v) is 6.32. The molecule has 0 spiro atoms. The SMILES string of the molecule is NCCN1CCC(N2CCc3c[nH]c(=O)c4cccc2c34)C1. The summed E-state index contributed by atoms with van der Waals surface area (Å²) in [5.74, 6) is 0. The van der Waals surface area contributed by atoms with Crippen LogP contribution in [0.3, 0.4) is 0 Å². The van der Waals surface area contributed by atoms with Crippen molar-refractivity contribution in [3.05, 3.63) is 40.3 Å². The second kappa shape index (κ2) is 5.41. The third-order valence-corrected chi connectivity index (χ3v) is 5.05. The highest BCUT2D eigenvalue weighted by Crippen LogP contribution is 2.35. The molecule has 3 N–H and O–H groups in total. The monoisotopic (exact) mass is 298 g/mol. The average Bonchev–Trinajstić information content (AvgIpc) is 3.00. The number of rotatable bonds is 3. The molecule has 0 aliphatic carbocycles. The molecule has 116 valence electrons. The lowest BCUT2D eigenvalue weighted by Crippen LogP contribution is -2.41. The number of likely N-dealkylation sites (tertiary alicyclic amines) is 1. The van der Waals surface area contributed by atoms with Crippen molar-refractivity contribution in [2.45, 2.75) is 18.9 Å². The van der Waals surface area contributed by atoms with Gasteiger partial charge in [0, 0.05) is 61.4 Å². The summed E-state index contributed by atoms with van der Waals surface area (Å²) < 4.78 is 0. The molecule has 3 heterocycles. The van der Waals surface area contributed by atoms with Crippen LogP contribution in [0.5, 0.6) is 0 Å². The van der Waals surface area contributed by atoms with Gasteiger partial charge >= 0.3 is 0 Å². The Bertz CT molecular complexity index is 754. The van der Waals surface area contributed by atoms with Crippen LogP contribution in [0.15, 0.2) is 29.2 Å². The van der Waals surface area contributed by atoms with Crippen LogP contribution in [0.4, 0.5) is 5.69 Å². The van der Waals surface area contributed by atoms with Crippen LogP contribution < -0.4 is 16.2 Å². The topological polar surface area (TPSA) is 65.4 Å². The number of nitrogens with one attached hydrogen (secondary N) is 1. The van der Waals surface area contributed by atoms with Crippen molar-refractivity contribution in [3.63, 3.8) is 0 Å². The fraction of sp³-hybridized carbons (Fsp3) is 0.471. The Balaban J connectivity index is 1.74. The molecule has 0 amide bonds. The zero-order valence-electron chi connectivity index (χ0n) is 12.7. The van der Waals surface area contributed by atoms with Gasteiger partial charge in [0.1, 0.15) is 0 Å². The maximum absolute atomic E-state index is 12.1. The molecule has 0 radical (unpaired) electrons. The van der Waals surface area contributed by atoms with Crippen molar-refractivity contribution in [3.8, 4) is 0 Å². The number of pyridine rings is 1. The molecule has 2 aromatic rings. The molecule has 2 aliphatic rings. The third kappa shape index (κ3) is 2.12. The van der Waals surface area contributed by atoms with E-state index in [-0.39, 0.29) is 5.56 Å². The quantitative estimate of drug-likeness (QED) is 0.884. The van der Waals surface area contributed by atoms with Crippen molar-refractivity contribution in [1.29, 1.82) is 0 Å². The normalized spacial score (nSPS) is 21.7. The molecule has 1 saturated heterocycles. The van der Waals surface area contributed by atoms with Crippen LogP contribution >= 0.6 is 0 Å². The van der Waals surface area contributed by atoms with Gasteiger partial charge in [0.25, 0.3) is 5.56 Å². The van der Waals surface area contributed by atoms with E-state index in [2.05, 4.69) is 20.9 Å². The molecule has 5 heteroatoms. The van der Waals surface area contributed by atoms with Crippen molar-refractivity contribution in [2.24, 2.45) is 5.73 Å². The number of H-pyrrole nitrogens is 1. The standard InChI is InChI=1S/C17H22N4O/c18-6-9-20-7-5-13(11-20)21-8-4-12-10-19-17(22)14-2-1-3-15(21)16(12)14/h1-3,10,13H,4-9,11,18H2,(H,19,22). The summed E-state index contributed by atoms with van der Waals surface area (Å²) in [5, 5.41) is 1.96. The molecule has 1 atom stereocenters. The van der Waals surface area contributed by atoms with E-state index < -0.39 is 0 Å². The second-order valence-electron chi connectivity index (χ2n) is 6.32. The molecule has 22 heavy (non-hydrogen) atoms. The van der Waals surface area contributed by atoms with Crippen LogP contribution in [0.25, 0.3) is 10.8 Å². The zero-order valence-corrected chi connectivity index (χ0v) is 12.7. The van der Waals surface area contributed by atoms with Gasteiger partial charge in [0.2, 0.25) is 0 Å². The minimum absolute atomic E-state index is 0.0126. The summed E-state index contributed by atoms with van der Waals surface area (Å²) in [6, 6.07) is 6.63. The van der Waals surface area contributed by atoms with Gasteiger partial charge in [-0.25, -0.2) is 0 Å². The van der Waals surface area contributed by atoms with E-state index >= 15 is 0 Å². The molecule has 1 aromatic carbocycles. The lowest BCUT2D eigenvalue weighted by molar-refractivity contribution is 0.342. The highest BCUT2D eigenvalue weighted by molar-refractivity contribution is 5.97. The minimum atomic E-state index is 0.0126. The summed E-state index contributed by atoms with van der Waals surface area (Å²) in [5.41, 5.74) is 8.18. The lowest BCUT2D eigenvalue weighted by atomic mass is 9.97. The van der Waals surface area contributed by atoms with Gasteiger partial charge in [-0.2, -0.15) is 0 Å². The Kier molecular flexibility index (Phi) is 3.39. The molecule has 5 nitrogen and oxygen atoms in total. The van der Waals surface area contributed by atoms with E-state index in [4.69, 9.17) is 5.73 Å². The minimum Gasteiger partial charge on any atom is -0.366 e. The Labute approximate surface area is 129 Å². The number of nitrogens with two attached hydrogens (primary N) is 1. The van der Waals surface area contributed by atoms with E-state index in [1.807, 2.05) is 18.3 Å². The Hall–Kier alpha value is -1.85.